The van der Waals surface area contributed by atoms with Crippen molar-refractivity contribution >= 4 is 33.3 Å². The quantitative estimate of drug-likeness (QED) is 0.492. The maximum Gasteiger partial charge on any atom is 0.151 e. The van der Waals surface area contributed by atoms with Gasteiger partial charge in [0.25, 0.3) is 0 Å². The zero-order valence-corrected chi connectivity index (χ0v) is 17.3. The first-order valence-corrected chi connectivity index (χ1v) is 10.5. The van der Waals surface area contributed by atoms with Crippen molar-refractivity contribution in [2.24, 2.45) is 0 Å². The fourth-order valence-corrected chi connectivity index (χ4v) is 4.66. The van der Waals surface area contributed by atoms with Gasteiger partial charge in [-0.1, -0.05) is 12.1 Å². The number of nitrogens with zero attached hydrogens (tertiary/aromatic N) is 5. The molecule has 2 aromatic carbocycles. The molecule has 0 N–H and O–H groups in total. The van der Waals surface area contributed by atoms with E-state index in [1.165, 1.54) is 17.6 Å². The Morgan fingerprint density at radius 1 is 0.933 bits per heavy atom. The Morgan fingerprint density at radius 3 is 2.40 bits per heavy atom. The van der Waals surface area contributed by atoms with E-state index in [4.69, 9.17) is 4.74 Å². The van der Waals surface area contributed by atoms with Gasteiger partial charge >= 0.3 is 0 Å². The molecule has 1 aliphatic rings. The van der Waals surface area contributed by atoms with E-state index in [0.29, 0.717) is 5.69 Å². The van der Waals surface area contributed by atoms with Gasteiger partial charge in [0.05, 0.1) is 12.8 Å². The van der Waals surface area contributed by atoms with Gasteiger partial charge in [-0.2, -0.15) is 4.37 Å². The number of methoxy groups -OCH3 is 1. The lowest BCUT2D eigenvalue weighted by Crippen LogP contribution is -2.47. The van der Waals surface area contributed by atoms with Crippen molar-refractivity contribution in [3.63, 3.8) is 0 Å². The van der Waals surface area contributed by atoms with Gasteiger partial charge in [0.15, 0.2) is 5.82 Å². The van der Waals surface area contributed by atoms with Crippen molar-refractivity contribution in [3.8, 4) is 17.0 Å². The average Bonchev–Trinajstić information content (AvgIpc) is 3.24. The minimum atomic E-state index is -0.179. The van der Waals surface area contributed by atoms with Gasteiger partial charge < -0.3 is 14.5 Å². The van der Waals surface area contributed by atoms with E-state index in [9.17, 15) is 4.39 Å². The topological polar surface area (TPSA) is 54.4 Å². The molecule has 2 aromatic heterocycles. The van der Waals surface area contributed by atoms with Crippen molar-refractivity contribution in [2.45, 2.75) is 0 Å². The SMILES string of the molecule is COc1ccc(-c2nsc3c(N4CCN(c5ccccc5F)CC4)ncnc23)cc1. The zero-order valence-electron chi connectivity index (χ0n) is 16.5. The number of hydrogen-bond donors (Lipinski definition) is 0. The van der Waals surface area contributed by atoms with Gasteiger partial charge in [0.1, 0.15) is 33.8 Å². The zero-order chi connectivity index (χ0) is 20.5. The molecule has 0 saturated carbocycles. The predicted octanol–water partition coefficient (Wildman–Crippen LogP) is 4.23. The lowest BCUT2D eigenvalue weighted by molar-refractivity contribution is 0.415. The van der Waals surface area contributed by atoms with Gasteiger partial charge in [0.2, 0.25) is 0 Å². The lowest BCUT2D eigenvalue weighted by Gasteiger charge is -2.36. The maximum absolute atomic E-state index is 14.1. The molecule has 8 heteroatoms. The Kier molecular flexibility index (Phi) is 4.92. The van der Waals surface area contributed by atoms with E-state index < -0.39 is 0 Å². The van der Waals surface area contributed by atoms with Crippen molar-refractivity contribution < 1.29 is 9.13 Å². The number of piperazine rings is 1. The number of aromatic nitrogens is 3. The third-order valence-electron chi connectivity index (χ3n) is 5.37. The number of anilines is 2. The molecule has 3 heterocycles. The number of benzene rings is 2. The molecule has 0 radical (unpaired) electrons. The highest BCUT2D eigenvalue weighted by molar-refractivity contribution is 7.14. The Morgan fingerprint density at radius 2 is 1.67 bits per heavy atom. The van der Waals surface area contributed by atoms with Crippen molar-refractivity contribution in [3.05, 3.63) is 60.7 Å². The highest BCUT2D eigenvalue weighted by Gasteiger charge is 2.23. The lowest BCUT2D eigenvalue weighted by atomic mass is 10.1. The summed E-state index contributed by atoms with van der Waals surface area (Å²) in [5.74, 6) is 1.52. The standard InChI is InChI=1S/C22H20FN5OS/c1-29-16-8-6-15(7-9-16)19-20-21(30-26-19)22(25-14-24-20)28-12-10-27(11-13-28)18-5-3-2-4-17(18)23/h2-9,14H,10-13H2,1H3. The highest BCUT2D eigenvalue weighted by Crippen LogP contribution is 2.35. The molecular formula is C22H20FN5OS. The molecule has 5 rings (SSSR count). The summed E-state index contributed by atoms with van der Waals surface area (Å²) in [6, 6.07) is 14.7. The molecule has 0 bridgehead atoms. The smallest absolute Gasteiger partial charge is 0.151 e. The molecule has 30 heavy (non-hydrogen) atoms. The summed E-state index contributed by atoms with van der Waals surface area (Å²) in [5.41, 5.74) is 3.36. The third kappa shape index (κ3) is 3.33. The summed E-state index contributed by atoms with van der Waals surface area (Å²) >= 11 is 1.42. The fourth-order valence-electron chi connectivity index (χ4n) is 3.78. The summed E-state index contributed by atoms with van der Waals surface area (Å²) in [4.78, 5) is 13.4. The number of ether oxygens (including phenoxy) is 1. The number of halogens is 1. The molecule has 0 atom stereocenters. The first kappa shape index (κ1) is 18.7. The molecule has 1 saturated heterocycles. The second kappa shape index (κ2) is 7.87. The number of rotatable bonds is 4. The van der Waals surface area contributed by atoms with Crippen LogP contribution in [0.5, 0.6) is 5.75 Å². The summed E-state index contributed by atoms with van der Waals surface area (Å²) in [6.45, 7) is 2.99. The Balaban J connectivity index is 1.40. The Bertz CT molecular complexity index is 1170. The molecule has 0 unspecified atom stereocenters. The van der Waals surface area contributed by atoms with Gasteiger partial charge in [-0.25, -0.2) is 14.4 Å². The maximum atomic E-state index is 14.1. The van der Waals surface area contributed by atoms with Gasteiger partial charge in [-0.05, 0) is 47.9 Å². The van der Waals surface area contributed by atoms with E-state index in [1.54, 1.807) is 19.5 Å². The molecule has 6 nitrogen and oxygen atoms in total. The molecule has 0 aliphatic carbocycles. The number of hydrogen-bond acceptors (Lipinski definition) is 7. The molecule has 0 spiro atoms. The largest absolute Gasteiger partial charge is 0.497 e. The second-order valence-electron chi connectivity index (χ2n) is 7.06. The van der Waals surface area contributed by atoms with Crippen molar-refractivity contribution in [1.29, 1.82) is 0 Å². The van der Waals surface area contributed by atoms with Gasteiger partial charge in [-0.15, -0.1) is 0 Å². The van der Waals surface area contributed by atoms with E-state index in [-0.39, 0.29) is 5.82 Å². The van der Waals surface area contributed by atoms with Crippen molar-refractivity contribution in [1.82, 2.24) is 14.3 Å². The minimum Gasteiger partial charge on any atom is -0.497 e. The van der Waals surface area contributed by atoms with E-state index >= 15 is 0 Å². The van der Waals surface area contributed by atoms with Crippen LogP contribution in [0.4, 0.5) is 15.9 Å². The number of fused-ring (bicyclic) bond motifs is 1. The molecule has 152 valence electrons. The van der Waals surface area contributed by atoms with Crippen molar-refractivity contribution in [2.75, 3.05) is 43.1 Å². The molecule has 1 aliphatic heterocycles. The van der Waals surface area contributed by atoms with E-state index in [2.05, 4.69) is 24.1 Å². The van der Waals surface area contributed by atoms with Gasteiger partial charge in [-0.3, -0.25) is 0 Å². The predicted molar refractivity (Wildman–Crippen MR) is 118 cm³/mol. The Labute approximate surface area is 177 Å². The van der Waals surface area contributed by atoms with Crippen LogP contribution in [0.3, 0.4) is 0 Å². The van der Waals surface area contributed by atoms with Crippen LogP contribution in [0, 0.1) is 5.82 Å². The average molecular weight is 422 g/mol. The van der Waals surface area contributed by atoms with Crippen LogP contribution in [-0.4, -0.2) is 47.6 Å². The normalized spacial score (nSPS) is 14.3. The summed E-state index contributed by atoms with van der Waals surface area (Å²) in [6.07, 6.45) is 1.60. The summed E-state index contributed by atoms with van der Waals surface area (Å²) in [5, 5.41) is 0. The minimum absolute atomic E-state index is 0.179. The molecular weight excluding hydrogens is 401 g/mol. The second-order valence-corrected chi connectivity index (χ2v) is 7.83. The van der Waals surface area contributed by atoms with E-state index in [1.807, 2.05) is 36.4 Å². The highest BCUT2D eigenvalue weighted by atomic mass is 32.1. The first-order chi connectivity index (χ1) is 14.7. The van der Waals surface area contributed by atoms with Crippen LogP contribution in [0.1, 0.15) is 0 Å². The van der Waals surface area contributed by atoms with E-state index in [0.717, 1.165) is 59.2 Å². The van der Waals surface area contributed by atoms with Gasteiger partial charge in [0, 0.05) is 31.7 Å². The van der Waals surface area contributed by atoms with Crippen LogP contribution in [0.2, 0.25) is 0 Å². The Hall–Kier alpha value is -3.26. The molecule has 1 fully saturated rings. The monoisotopic (exact) mass is 421 g/mol. The van der Waals surface area contributed by atoms with Crippen LogP contribution in [0.15, 0.2) is 54.9 Å². The molecule has 4 aromatic rings. The third-order valence-corrected chi connectivity index (χ3v) is 6.21. The van der Waals surface area contributed by atoms with Crippen LogP contribution in [0.25, 0.3) is 21.5 Å². The van der Waals surface area contributed by atoms with Crippen LogP contribution in [-0.2, 0) is 0 Å². The summed E-state index contributed by atoms with van der Waals surface area (Å²) in [7, 11) is 1.65. The summed E-state index contributed by atoms with van der Waals surface area (Å²) < 4.78 is 25.0. The molecule has 0 amide bonds. The van der Waals surface area contributed by atoms with Crippen LogP contribution >= 0.6 is 11.5 Å². The first-order valence-electron chi connectivity index (χ1n) is 9.74. The van der Waals surface area contributed by atoms with Crippen LogP contribution < -0.4 is 14.5 Å². The number of para-hydroxylation sites is 1. The fraction of sp³-hybridized carbons (Fsp3) is 0.227.